The molecule has 0 amide bonds. The Kier molecular flexibility index (Phi) is 4.94. The van der Waals surface area contributed by atoms with E-state index in [-0.39, 0.29) is 5.56 Å². The zero-order valence-corrected chi connectivity index (χ0v) is 14.0. The summed E-state index contributed by atoms with van der Waals surface area (Å²) in [7, 11) is 3.27. The SMILES string of the molecule is COC(=O)c1cc(CC2CCN(Cc3nccn3C)C2)ccc1F. The number of carbonyl (C=O) groups is 1. The molecule has 1 aromatic heterocycles. The average molecular weight is 331 g/mol. The molecule has 0 N–H and O–H groups in total. The zero-order valence-electron chi connectivity index (χ0n) is 14.0. The van der Waals surface area contributed by atoms with Crippen molar-refractivity contribution in [2.45, 2.75) is 19.4 Å². The number of ether oxygens (including phenoxy) is 1. The molecular weight excluding hydrogens is 309 g/mol. The minimum absolute atomic E-state index is 0.0119. The average Bonchev–Trinajstić information content (AvgIpc) is 3.18. The van der Waals surface area contributed by atoms with E-state index in [0.29, 0.717) is 5.92 Å². The van der Waals surface area contributed by atoms with E-state index < -0.39 is 11.8 Å². The van der Waals surface area contributed by atoms with Crippen LogP contribution in [-0.2, 0) is 24.8 Å². The van der Waals surface area contributed by atoms with Gasteiger partial charge in [0.05, 0.1) is 19.2 Å². The number of aryl methyl sites for hydroxylation is 1. The fourth-order valence-corrected chi connectivity index (χ4v) is 3.27. The molecule has 1 aliphatic heterocycles. The quantitative estimate of drug-likeness (QED) is 0.790. The number of likely N-dealkylation sites (tertiary alicyclic amines) is 1. The molecule has 2 aromatic rings. The van der Waals surface area contributed by atoms with Crippen molar-refractivity contribution < 1.29 is 13.9 Å². The topological polar surface area (TPSA) is 47.4 Å². The van der Waals surface area contributed by atoms with Crippen LogP contribution in [0.5, 0.6) is 0 Å². The summed E-state index contributed by atoms with van der Waals surface area (Å²) < 4.78 is 20.4. The molecule has 5 nitrogen and oxygen atoms in total. The maximum absolute atomic E-state index is 13.7. The lowest BCUT2D eigenvalue weighted by molar-refractivity contribution is 0.0595. The summed E-state index contributed by atoms with van der Waals surface area (Å²) in [6.07, 6.45) is 5.70. The van der Waals surface area contributed by atoms with Gasteiger partial charge in [0.15, 0.2) is 0 Å². The summed E-state index contributed by atoms with van der Waals surface area (Å²) in [5.41, 5.74) is 0.985. The molecular formula is C18H22FN3O2. The Morgan fingerprint density at radius 1 is 1.46 bits per heavy atom. The van der Waals surface area contributed by atoms with E-state index in [0.717, 1.165) is 43.9 Å². The highest BCUT2D eigenvalue weighted by molar-refractivity contribution is 5.89. The van der Waals surface area contributed by atoms with E-state index in [1.807, 2.05) is 24.0 Å². The van der Waals surface area contributed by atoms with Gasteiger partial charge in [0.2, 0.25) is 0 Å². The zero-order chi connectivity index (χ0) is 17.1. The van der Waals surface area contributed by atoms with E-state index >= 15 is 0 Å². The lowest BCUT2D eigenvalue weighted by atomic mass is 9.97. The molecule has 128 valence electrons. The third-order valence-electron chi connectivity index (χ3n) is 4.62. The first-order valence-corrected chi connectivity index (χ1v) is 8.12. The molecule has 0 bridgehead atoms. The second-order valence-corrected chi connectivity index (χ2v) is 6.35. The third-order valence-corrected chi connectivity index (χ3v) is 4.62. The first-order chi connectivity index (χ1) is 11.6. The molecule has 0 spiro atoms. The van der Waals surface area contributed by atoms with Crippen molar-refractivity contribution in [3.05, 3.63) is 53.4 Å². The predicted octanol–water partition coefficient (Wildman–Crippen LogP) is 2.41. The van der Waals surface area contributed by atoms with Crippen LogP contribution in [0.15, 0.2) is 30.6 Å². The molecule has 1 aromatic carbocycles. The van der Waals surface area contributed by atoms with Crippen molar-refractivity contribution in [1.82, 2.24) is 14.5 Å². The van der Waals surface area contributed by atoms with Crippen LogP contribution in [0.2, 0.25) is 0 Å². The number of methoxy groups -OCH3 is 1. The first kappa shape index (κ1) is 16.6. The highest BCUT2D eigenvalue weighted by atomic mass is 19.1. The second kappa shape index (κ2) is 7.13. The summed E-state index contributed by atoms with van der Waals surface area (Å²) in [6, 6.07) is 4.72. The normalized spacial score (nSPS) is 18.0. The Morgan fingerprint density at radius 2 is 2.29 bits per heavy atom. The Morgan fingerprint density at radius 3 is 3.00 bits per heavy atom. The summed E-state index contributed by atoms with van der Waals surface area (Å²) >= 11 is 0. The monoisotopic (exact) mass is 331 g/mol. The summed E-state index contributed by atoms with van der Waals surface area (Å²) in [5.74, 6) is 0.400. The van der Waals surface area contributed by atoms with Gasteiger partial charge in [-0.3, -0.25) is 4.90 Å². The largest absolute Gasteiger partial charge is 0.465 e. The molecule has 1 atom stereocenters. The maximum atomic E-state index is 13.7. The maximum Gasteiger partial charge on any atom is 0.340 e. The number of hydrogen-bond acceptors (Lipinski definition) is 4. The number of nitrogens with zero attached hydrogens (tertiary/aromatic N) is 3. The minimum Gasteiger partial charge on any atom is -0.465 e. The van der Waals surface area contributed by atoms with Crippen molar-refractivity contribution in [2.75, 3.05) is 20.2 Å². The van der Waals surface area contributed by atoms with Crippen LogP contribution >= 0.6 is 0 Å². The number of carbonyl (C=O) groups excluding carboxylic acids is 1. The van der Waals surface area contributed by atoms with Crippen LogP contribution in [0.4, 0.5) is 4.39 Å². The van der Waals surface area contributed by atoms with Crippen molar-refractivity contribution in [3.63, 3.8) is 0 Å². The van der Waals surface area contributed by atoms with Crippen molar-refractivity contribution >= 4 is 5.97 Å². The lowest BCUT2D eigenvalue weighted by Gasteiger charge is -2.16. The number of benzene rings is 1. The van der Waals surface area contributed by atoms with Gasteiger partial charge in [0.25, 0.3) is 0 Å². The number of aromatic nitrogens is 2. The molecule has 2 heterocycles. The summed E-state index contributed by atoms with van der Waals surface area (Å²) in [5, 5.41) is 0. The van der Waals surface area contributed by atoms with Gasteiger partial charge >= 0.3 is 5.97 Å². The van der Waals surface area contributed by atoms with Crippen molar-refractivity contribution in [2.24, 2.45) is 13.0 Å². The second-order valence-electron chi connectivity index (χ2n) is 6.35. The van der Waals surface area contributed by atoms with Crippen LogP contribution in [0.3, 0.4) is 0 Å². The Hall–Kier alpha value is -2.21. The Balaban J connectivity index is 1.61. The predicted molar refractivity (Wildman–Crippen MR) is 88.0 cm³/mol. The number of rotatable bonds is 5. The van der Waals surface area contributed by atoms with Crippen LogP contribution < -0.4 is 0 Å². The lowest BCUT2D eigenvalue weighted by Crippen LogP contribution is -2.22. The smallest absolute Gasteiger partial charge is 0.340 e. The van der Waals surface area contributed by atoms with Crippen molar-refractivity contribution in [3.8, 4) is 0 Å². The molecule has 0 aliphatic carbocycles. The van der Waals surface area contributed by atoms with Gasteiger partial charge in [-0.1, -0.05) is 6.07 Å². The van der Waals surface area contributed by atoms with E-state index in [9.17, 15) is 9.18 Å². The van der Waals surface area contributed by atoms with Crippen LogP contribution in [0, 0.1) is 11.7 Å². The molecule has 1 saturated heterocycles. The third kappa shape index (κ3) is 3.64. The van der Waals surface area contributed by atoms with Gasteiger partial charge in [-0.25, -0.2) is 14.2 Å². The highest BCUT2D eigenvalue weighted by Gasteiger charge is 2.24. The summed E-state index contributed by atoms with van der Waals surface area (Å²) in [6.45, 7) is 2.86. The van der Waals surface area contributed by atoms with Gasteiger partial charge in [0.1, 0.15) is 11.6 Å². The van der Waals surface area contributed by atoms with E-state index in [1.165, 1.54) is 13.2 Å². The highest BCUT2D eigenvalue weighted by Crippen LogP contribution is 2.23. The first-order valence-electron chi connectivity index (χ1n) is 8.12. The van der Waals surface area contributed by atoms with Crippen LogP contribution in [0.25, 0.3) is 0 Å². The minimum atomic E-state index is -0.628. The number of hydrogen-bond donors (Lipinski definition) is 0. The molecule has 0 saturated carbocycles. The Labute approximate surface area is 141 Å². The fraction of sp³-hybridized carbons (Fsp3) is 0.444. The molecule has 1 fully saturated rings. The number of esters is 1. The van der Waals surface area contributed by atoms with Gasteiger partial charge in [-0.05, 0) is 43.0 Å². The molecule has 0 radical (unpaired) electrons. The van der Waals surface area contributed by atoms with Gasteiger partial charge < -0.3 is 9.30 Å². The fourth-order valence-electron chi connectivity index (χ4n) is 3.27. The van der Waals surface area contributed by atoms with E-state index in [2.05, 4.69) is 14.6 Å². The summed E-state index contributed by atoms with van der Waals surface area (Å²) in [4.78, 5) is 18.4. The molecule has 6 heteroatoms. The van der Waals surface area contributed by atoms with E-state index in [1.54, 1.807) is 12.1 Å². The van der Waals surface area contributed by atoms with Gasteiger partial charge in [-0.15, -0.1) is 0 Å². The van der Waals surface area contributed by atoms with Crippen LogP contribution in [-0.4, -0.2) is 40.6 Å². The molecule has 1 aliphatic rings. The standard InChI is InChI=1S/C18H22FN3O2/c1-21-8-6-20-17(21)12-22-7-5-14(11-22)9-13-3-4-16(19)15(10-13)18(23)24-2/h3-4,6,8,10,14H,5,7,9,11-12H2,1-2H3. The van der Waals surface area contributed by atoms with E-state index in [4.69, 9.17) is 0 Å². The van der Waals surface area contributed by atoms with Crippen LogP contribution in [0.1, 0.15) is 28.2 Å². The van der Waals surface area contributed by atoms with Gasteiger partial charge in [-0.2, -0.15) is 0 Å². The van der Waals surface area contributed by atoms with Gasteiger partial charge in [0, 0.05) is 26.0 Å². The number of halogens is 1. The van der Waals surface area contributed by atoms with Crippen molar-refractivity contribution in [1.29, 1.82) is 0 Å². The molecule has 3 rings (SSSR count). The number of imidazole rings is 1. The Bertz CT molecular complexity index is 729. The molecule has 1 unspecified atom stereocenters. The molecule has 24 heavy (non-hydrogen) atoms.